The summed E-state index contributed by atoms with van der Waals surface area (Å²) in [6.07, 6.45) is -0.596. The van der Waals surface area contributed by atoms with E-state index in [4.69, 9.17) is 11.5 Å². The molecule has 8 N–H and O–H groups in total. The SMILES string of the molecule is CNc1nc(N)nc(NC(=O)CC(=O)Nc2nc(N)nc(NC(C)=O)n2)n1. The second kappa shape index (κ2) is 8.28. The maximum absolute atomic E-state index is 12.0. The standard InChI is InChI=1S/C12H16N12O3/c1-4(25)16-10-20-8(14)22-12(24-10)18-6(27)3-5(26)17-11-21-7(13)19-9(15-2)23-11/h3H2,1-2H3,(H4,13,15,17,19,21,23,26)(H4,14,16,18,20,22,24,25,27). The number of hydrogen-bond donors (Lipinski definition) is 6. The van der Waals surface area contributed by atoms with Gasteiger partial charge >= 0.3 is 0 Å². The molecule has 0 radical (unpaired) electrons. The van der Waals surface area contributed by atoms with Crippen LogP contribution in [0, 0.1) is 0 Å². The van der Waals surface area contributed by atoms with Crippen LogP contribution in [0.3, 0.4) is 0 Å². The molecule has 0 aliphatic rings. The molecule has 142 valence electrons. The van der Waals surface area contributed by atoms with Gasteiger partial charge in [0.1, 0.15) is 6.42 Å². The number of hydrogen-bond acceptors (Lipinski definition) is 12. The van der Waals surface area contributed by atoms with Gasteiger partial charge in [0, 0.05) is 14.0 Å². The fourth-order valence-corrected chi connectivity index (χ4v) is 1.71. The van der Waals surface area contributed by atoms with Gasteiger partial charge in [0.05, 0.1) is 0 Å². The lowest BCUT2D eigenvalue weighted by molar-refractivity contribution is -0.123. The molecule has 0 aliphatic carbocycles. The Hall–Kier alpha value is -4.17. The minimum absolute atomic E-state index is 0.111. The molecule has 0 atom stereocenters. The van der Waals surface area contributed by atoms with E-state index in [1.165, 1.54) is 6.92 Å². The lowest BCUT2D eigenvalue weighted by Crippen LogP contribution is -2.24. The summed E-state index contributed by atoms with van der Waals surface area (Å²) in [5.74, 6) is -2.59. The second-order valence-corrected chi connectivity index (χ2v) is 4.89. The van der Waals surface area contributed by atoms with Gasteiger partial charge in [-0.05, 0) is 0 Å². The Morgan fingerprint density at radius 3 is 1.59 bits per heavy atom. The first-order valence-corrected chi connectivity index (χ1v) is 7.33. The minimum atomic E-state index is -0.747. The normalized spacial score (nSPS) is 10.0. The number of amides is 3. The topological polar surface area (TPSA) is 229 Å². The highest BCUT2D eigenvalue weighted by Gasteiger charge is 2.15. The van der Waals surface area contributed by atoms with E-state index >= 15 is 0 Å². The first-order valence-electron chi connectivity index (χ1n) is 7.33. The zero-order valence-electron chi connectivity index (χ0n) is 14.3. The van der Waals surface area contributed by atoms with Gasteiger partial charge in [-0.25, -0.2) is 0 Å². The highest BCUT2D eigenvalue weighted by molar-refractivity contribution is 6.07. The van der Waals surface area contributed by atoms with Gasteiger partial charge in [-0.2, -0.15) is 29.9 Å². The van der Waals surface area contributed by atoms with Crippen LogP contribution in [0.15, 0.2) is 0 Å². The van der Waals surface area contributed by atoms with Gasteiger partial charge in [-0.3, -0.25) is 30.3 Å². The molecule has 0 aromatic carbocycles. The molecule has 2 aromatic rings. The van der Waals surface area contributed by atoms with Crippen LogP contribution in [0.25, 0.3) is 0 Å². The van der Waals surface area contributed by atoms with Crippen molar-refractivity contribution in [3.63, 3.8) is 0 Å². The highest BCUT2D eigenvalue weighted by Crippen LogP contribution is 2.08. The number of carbonyl (C=O) groups excluding carboxylic acids is 3. The molecule has 2 aromatic heterocycles. The predicted molar refractivity (Wildman–Crippen MR) is 94.2 cm³/mol. The predicted octanol–water partition coefficient (Wildman–Crippen LogP) is -1.81. The van der Waals surface area contributed by atoms with Gasteiger partial charge in [0.2, 0.25) is 53.4 Å². The largest absolute Gasteiger partial charge is 0.368 e. The summed E-state index contributed by atoms with van der Waals surface area (Å²) in [7, 11) is 1.56. The van der Waals surface area contributed by atoms with Gasteiger partial charge in [0.25, 0.3) is 0 Å². The lowest BCUT2D eigenvalue weighted by Gasteiger charge is -2.07. The molecule has 0 spiro atoms. The van der Waals surface area contributed by atoms with Gasteiger partial charge < -0.3 is 16.8 Å². The molecule has 0 bridgehead atoms. The van der Waals surface area contributed by atoms with Crippen molar-refractivity contribution in [2.75, 3.05) is 39.8 Å². The number of nitrogens with two attached hydrogens (primary N) is 2. The fraction of sp³-hybridized carbons (Fsp3) is 0.250. The maximum atomic E-state index is 12.0. The summed E-state index contributed by atoms with van der Waals surface area (Å²) < 4.78 is 0. The van der Waals surface area contributed by atoms with E-state index in [2.05, 4.69) is 51.2 Å². The minimum Gasteiger partial charge on any atom is -0.368 e. The third-order valence-electron chi connectivity index (χ3n) is 2.64. The molecule has 0 saturated heterocycles. The summed E-state index contributed by atoms with van der Waals surface area (Å²) in [5, 5.41) is 9.51. The Labute approximate surface area is 151 Å². The molecular formula is C12H16N12O3. The molecule has 27 heavy (non-hydrogen) atoms. The van der Waals surface area contributed by atoms with Gasteiger partial charge in [-0.15, -0.1) is 0 Å². The van der Waals surface area contributed by atoms with Crippen molar-refractivity contribution in [2.24, 2.45) is 0 Å². The summed E-state index contributed by atoms with van der Waals surface area (Å²) in [5.41, 5.74) is 11.0. The smallest absolute Gasteiger partial charge is 0.236 e. The lowest BCUT2D eigenvalue weighted by atomic mass is 10.4. The Morgan fingerprint density at radius 1 is 0.741 bits per heavy atom. The van der Waals surface area contributed by atoms with Gasteiger partial charge in [0.15, 0.2) is 0 Å². The van der Waals surface area contributed by atoms with Crippen molar-refractivity contribution < 1.29 is 14.4 Å². The number of rotatable bonds is 6. The van der Waals surface area contributed by atoms with Crippen LogP contribution < -0.4 is 32.7 Å². The number of anilines is 6. The van der Waals surface area contributed by atoms with E-state index in [0.717, 1.165) is 0 Å². The summed E-state index contributed by atoms with van der Waals surface area (Å²) >= 11 is 0. The molecule has 2 heterocycles. The molecular weight excluding hydrogens is 360 g/mol. The molecule has 0 aliphatic heterocycles. The van der Waals surface area contributed by atoms with Crippen LogP contribution in [0.2, 0.25) is 0 Å². The van der Waals surface area contributed by atoms with E-state index in [9.17, 15) is 14.4 Å². The number of aromatic nitrogens is 6. The molecule has 0 fully saturated rings. The highest BCUT2D eigenvalue weighted by atomic mass is 16.2. The van der Waals surface area contributed by atoms with Crippen LogP contribution in [0.1, 0.15) is 13.3 Å². The molecule has 2 rings (SSSR count). The van der Waals surface area contributed by atoms with Crippen molar-refractivity contribution in [1.82, 2.24) is 29.9 Å². The van der Waals surface area contributed by atoms with Crippen molar-refractivity contribution in [3.8, 4) is 0 Å². The third-order valence-corrected chi connectivity index (χ3v) is 2.64. The second-order valence-electron chi connectivity index (χ2n) is 4.89. The van der Waals surface area contributed by atoms with Gasteiger partial charge in [-0.1, -0.05) is 0 Å². The number of nitrogens with zero attached hydrogens (tertiary/aromatic N) is 6. The van der Waals surface area contributed by atoms with Crippen LogP contribution in [-0.2, 0) is 14.4 Å². The number of nitrogens with one attached hydrogen (secondary N) is 4. The van der Waals surface area contributed by atoms with Crippen molar-refractivity contribution in [2.45, 2.75) is 13.3 Å². The quantitative estimate of drug-likeness (QED) is 0.306. The Morgan fingerprint density at radius 2 is 1.15 bits per heavy atom. The van der Waals surface area contributed by atoms with Crippen LogP contribution in [0.4, 0.5) is 35.7 Å². The Balaban J connectivity index is 1.99. The molecule has 0 unspecified atom stereocenters. The first kappa shape index (κ1) is 19.2. The molecule has 15 nitrogen and oxygen atoms in total. The molecule has 0 saturated carbocycles. The van der Waals surface area contributed by atoms with E-state index in [-0.39, 0.29) is 35.7 Å². The van der Waals surface area contributed by atoms with E-state index in [1.54, 1.807) is 7.05 Å². The van der Waals surface area contributed by atoms with E-state index < -0.39 is 24.1 Å². The van der Waals surface area contributed by atoms with Crippen molar-refractivity contribution in [1.29, 1.82) is 0 Å². The Bertz CT molecular complexity index is 886. The van der Waals surface area contributed by atoms with Crippen LogP contribution >= 0.6 is 0 Å². The van der Waals surface area contributed by atoms with Crippen LogP contribution in [0.5, 0.6) is 0 Å². The third kappa shape index (κ3) is 6.00. The van der Waals surface area contributed by atoms with Crippen molar-refractivity contribution >= 4 is 53.4 Å². The number of carbonyl (C=O) groups is 3. The van der Waals surface area contributed by atoms with Crippen LogP contribution in [-0.4, -0.2) is 54.7 Å². The maximum Gasteiger partial charge on any atom is 0.236 e. The van der Waals surface area contributed by atoms with Crippen molar-refractivity contribution in [3.05, 3.63) is 0 Å². The van der Waals surface area contributed by atoms with E-state index in [1.807, 2.05) is 0 Å². The zero-order valence-corrected chi connectivity index (χ0v) is 14.3. The zero-order chi connectivity index (χ0) is 20.0. The summed E-state index contributed by atoms with van der Waals surface area (Å²) in [6, 6.07) is 0. The molecule has 3 amide bonds. The fourth-order valence-electron chi connectivity index (χ4n) is 1.71. The summed E-state index contributed by atoms with van der Waals surface area (Å²) in [4.78, 5) is 57.4. The molecule has 15 heteroatoms. The first-order chi connectivity index (χ1) is 12.7. The number of nitrogen functional groups attached to an aromatic ring is 2. The monoisotopic (exact) mass is 376 g/mol. The average Bonchev–Trinajstić information content (AvgIpc) is 2.52. The van der Waals surface area contributed by atoms with E-state index in [0.29, 0.717) is 0 Å². The average molecular weight is 376 g/mol. The Kier molecular flexibility index (Phi) is 5.87. The summed E-state index contributed by atoms with van der Waals surface area (Å²) in [6.45, 7) is 1.25.